The lowest BCUT2D eigenvalue weighted by Gasteiger charge is -2.28. The summed E-state index contributed by atoms with van der Waals surface area (Å²) in [7, 11) is 0. The van der Waals surface area contributed by atoms with Crippen molar-refractivity contribution in [2.45, 2.75) is 58.1 Å². The van der Waals surface area contributed by atoms with E-state index < -0.39 is 11.9 Å². The highest BCUT2D eigenvalue weighted by molar-refractivity contribution is 6.36. The lowest BCUT2D eigenvalue weighted by Crippen LogP contribution is -2.38. The van der Waals surface area contributed by atoms with E-state index in [0.717, 1.165) is 11.1 Å². The minimum atomic E-state index is -0.669. The monoisotopic (exact) mass is 529 g/mol. The molecule has 1 aliphatic carbocycles. The van der Waals surface area contributed by atoms with Gasteiger partial charge in [-0.15, -0.1) is 0 Å². The number of nitrogen functional groups attached to an aromatic ring is 1. The minimum Gasteiger partial charge on any atom is -0.482 e. The van der Waals surface area contributed by atoms with Crippen molar-refractivity contribution >= 4 is 34.9 Å². The van der Waals surface area contributed by atoms with Gasteiger partial charge < -0.3 is 15.8 Å². The van der Waals surface area contributed by atoms with Crippen molar-refractivity contribution in [3.05, 3.63) is 75.7 Å². The van der Waals surface area contributed by atoms with E-state index in [4.69, 9.17) is 33.7 Å². The first kappa shape index (κ1) is 26.2. The standard InChI is InChI=1S/C28H30Cl2FN3O2/c1-16(18-6-4-3-5-7-18)34-28(35)20-10-8-19(9-11-20)21-14-24(27(32)33-15-21)36-17(2)25-22(29)12-13-23(31)26(25)30/h8-18H,3-7H2,1-2H3,(H2,32,33)(H,34,35)/t16-,17+/m1/s1. The third-order valence-electron chi connectivity index (χ3n) is 6.87. The Morgan fingerprint density at radius 3 is 2.47 bits per heavy atom. The van der Waals surface area contributed by atoms with E-state index in [2.05, 4.69) is 17.2 Å². The zero-order valence-electron chi connectivity index (χ0n) is 20.4. The van der Waals surface area contributed by atoms with Crippen LogP contribution in [-0.4, -0.2) is 16.9 Å². The molecular weight excluding hydrogens is 500 g/mol. The summed E-state index contributed by atoms with van der Waals surface area (Å²) in [5.74, 6) is 0.391. The third-order valence-corrected chi connectivity index (χ3v) is 7.58. The minimum absolute atomic E-state index is 0.0725. The smallest absolute Gasteiger partial charge is 0.251 e. The lowest BCUT2D eigenvalue weighted by atomic mass is 9.84. The number of halogens is 3. The number of aromatic nitrogens is 1. The van der Waals surface area contributed by atoms with Gasteiger partial charge in [0.25, 0.3) is 5.91 Å². The van der Waals surface area contributed by atoms with Gasteiger partial charge >= 0.3 is 0 Å². The molecule has 2 aromatic carbocycles. The van der Waals surface area contributed by atoms with E-state index in [9.17, 15) is 9.18 Å². The molecule has 190 valence electrons. The molecule has 3 N–H and O–H groups in total. The number of nitrogens with two attached hydrogens (primary N) is 1. The Balaban J connectivity index is 1.48. The van der Waals surface area contributed by atoms with Crippen LogP contribution in [0.15, 0.2) is 48.7 Å². The van der Waals surface area contributed by atoms with Crippen LogP contribution in [0.5, 0.6) is 5.75 Å². The van der Waals surface area contributed by atoms with Crippen LogP contribution >= 0.6 is 23.2 Å². The normalized spacial score (nSPS) is 15.8. The maximum Gasteiger partial charge on any atom is 0.251 e. The van der Waals surface area contributed by atoms with Crippen LogP contribution in [0.25, 0.3) is 11.1 Å². The fourth-order valence-electron chi connectivity index (χ4n) is 4.73. The molecule has 0 aliphatic heterocycles. The molecule has 4 rings (SSSR count). The van der Waals surface area contributed by atoms with Gasteiger partial charge in [0.15, 0.2) is 11.6 Å². The van der Waals surface area contributed by atoms with E-state index in [1.165, 1.54) is 44.2 Å². The van der Waals surface area contributed by atoms with Crippen molar-refractivity contribution in [1.29, 1.82) is 0 Å². The maximum atomic E-state index is 14.0. The summed E-state index contributed by atoms with van der Waals surface area (Å²) >= 11 is 12.4. The second-order valence-corrected chi connectivity index (χ2v) is 10.1. The number of benzene rings is 2. The Morgan fingerprint density at radius 1 is 1.08 bits per heavy atom. The number of pyridine rings is 1. The fourth-order valence-corrected chi connectivity index (χ4v) is 5.41. The molecule has 36 heavy (non-hydrogen) atoms. The number of carbonyl (C=O) groups is 1. The highest BCUT2D eigenvalue weighted by Crippen LogP contribution is 2.37. The van der Waals surface area contributed by atoms with E-state index in [1.807, 2.05) is 12.1 Å². The largest absolute Gasteiger partial charge is 0.482 e. The van der Waals surface area contributed by atoms with Crippen LogP contribution in [-0.2, 0) is 0 Å². The molecule has 1 heterocycles. The number of ether oxygens (including phenoxy) is 1. The molecule has 0 spiro atoms. The molecule has 1 saturated carbocycles. The Labute approximate surface area is 221 Å². The topological polar surface area (TPSA) is 77.2 Å². The van der Waals surface area contributed by atoms with Gasteiger partial charge in [-0.05, 0) is 68.5 Å². The number of rotatable bonds is 7. The number of nitrogens with zero attached hydrogens (tertiary/aromatic N) is 1. The molecule has 0 saturated heterocycles. The molecule has 1 amide bonds. The van der Waals surface area contributed by atoms with Gasteiger partial charge in [-0.2, -0.15) is 0 Å². The maximum absolute atomic E-state index is 14.0. The molecule has 0 unspecified atom stereocenters. The van der Waals surface area contributed by atoms with E-state index in [0.29, 0.717) is 27.8 Å². The molecule has 8 heteroatoms. The zero-order valence-corrected chi connectivity index (χ0v) is 21.9. The van der Waals surface area contributed by atoms with Crippen LogP contribution in [0.2, 0.25) is 10.0 Å². The highest BCUT2D eigenvalue weighted by atomic mass is 35.5. The number of nitrogens with one attached hydrogen (secondary N) is 1. The van der Waals surface area contributed by atoms with Crippen molar-refractivity contribution in [1.82, 2.24) is 10.3 Å². The molecule has 0 bridgehead atoms. The predicted octanol–water partition coefficient (Wildman–Crippen LogP) is 7.62. The van der Waals surface area contributed by atoms with Gasteiger partial charge in [0, 0.05) is 34.0 Å². The van der Waals surface area contributed by atoms with Crippen molar-refractivity contribution in [2.24, 2.45) is 5.92 Å². The third kappa shape index (κ3) is 5.93. The second-order valence-electron chi connectivity index (χ2n) is 9.36. The predicted molar refractivity (Wildman–Crippen MR) is 143 cm³/mol. The van der Waals surface area contributed by atoms with Gasteiger partial charge in [-0.1, -0.05) is 54.6 Å². The Kier molecular flexibility index (Phi) is 8.37. The summed E-state index contributed by atoms with van der Waals surface area (Å²) in [6, 6.07) is 11.9. The molecule has 1 aliphatic rings. The van der Waals surface area contributed by atoms with Gasteiger partial charge in [0.1, 0.15) is 11.9 Å². The van der Waals surface area contributed by atoms with Crippen molar-refractivity contribution in [2.75, 3.05) is 5.73 Å². The SMILES string of the molecule is C[C@H](Oc1cc(-c2ccc(C(=O)N[C@H](C)C3CCCCC3)cc2)cnc1N)c1c(Cl)ccc(F)c1Cl. The number of anilines is 1. The summed E-state index contributed by atoms with van der Waals surface area (Å²) in [4.78, 5) is 17.0. The first-order valence-electron chi connectivity index (χ1n) is 12.2. The summed E-state index contributed by atoms with van der Waals surface area (Å²) < 4.78 is 20.0. The number of hydrogen-bond donors (Lipinski definition) is 2. The first-order chi connectivity index (χ1) is 17.2. The van der Waals surface area contributed by atoms with Crippen molar-refractivity contribution in [3.63, 3.8) is 0 Å². The van der Waals surface area contributed by atoms with Crippen LogP contribution < -0.4 is 15.8 Å². The number of hydrogen-bond acceptors (Lipinski definition) is 4. The lowest BCUT2D eigenvalue weighted by molar-refractivity contribution is 0.0919. The molecular formula is C28H30Cl2FN3O2. The van der Waals surface area contributed by atoms with E-state index in [1.54, 1.807) is 31.3 Å². The van der Waals surface area contributed by atoms with E-state index >= 15 is 0 Å². The molecule has 1 fully saturated rings. The van der Waals surface area contributed by atoms with E-state index in [-0.39, 0.29) is 22.8 Å². The van der Waals surface area contributed by atoms with Crippen LogP contribution in [0.3, 0.4) is 0 Å². The molecule has 0 radical (unpaired) electrons. The summed E-state index contributed by atoms with van der Waals surface area (Å²) in [5, 5.41) is 3.36. The van der Waals surface area contributed by atoms with Crippen LogP contribution in [0, 0.1) is 11.7 Å². The molecule has 5 nitrogen and oxygen atoms in total. The quantitative estimate of drug-likeness (QED) is 0.308. The molecule has 2 atom stereocenters. The molecule has 1 aromatic heterocycles. The Morgan fingerprint density at radius 2 is 1.78 bits per heavy atom. The first-order valence-corrected chi connectivity index (χ1v) is 13.0. The summed E-state index contributed by atoms with van der Waals surface area (Å²) in [6.07, 6.45) is 7.07. The van der Waals surface area contributed by atoms with Crippen LogP contribution in [0.1, 0.15) is 68.0 Å². The number of carbonyl (C=O) groups excluding carboxylic acids is 1. The zero-order chi connectivity index (χ0) is 25.8. The van der Waals surface area contributed by atoms with Crippen LogP contribution in [0.4, 0.5) is 10.2 Å². The Hall–Kier alpha value is -2.83. The number of amides is 1. The van der Waals surface area contributed by atoms with Crippen molar-refractivity contribution in [3.8, 4) is 16.9 Å². The van der Waals surface area contributed by atoms with Gasteiger partial charge in [-0.3, -0.25) is 4.79 Å². The fraction of sp³-hybridized carbons (Fsp3) is 0.357. The average molecular weight is 530 g/mol. The van der Waals surface area contributed by atoms with Gasteiger partial charge in [0.05, 0.1) is 5.02 Å². The van der Waals surface area contributed by atoms with Crippen molar-refractivity contribution < 1.29 is 13.9 Å². The van der Waals surface area contributed by atoms with Gasteiger partial charge in [0.2, 0.25) is 0 Å². The Bertz CT molecular complexity index is 1230. The molecule has 3 aromatic rings. The summed E-state index contributed by atoms with van der Waals surface area (Å²) in [5.41, 5.74) is 8.58. The summed E-state index contributed by atoms with van der Waals surface area (Å²) in [6.45, 7) is 3.80. The second kappa shape index (κ2) is 11.5. The average Bonchev–Trinajstić information content (AvgIpc) is 2.88. The highest BCUT2D eigenvalue weighted by Gasteiger charge is 2.22. The van der Waals surface area contributed by atoms with Gasteiger partial charge in [-0.25, -0.2) is 9.37 Å².